The molecule has 7 rings (SSSR count). The molecule has 0 saturated heterocycles. The molecule has 4 aromatic heterocycles. The van der Waals surface area contributed by atoms with Gasteiger partial charge in [-0.3, -0.25) is 34.4 Å². The Morgan fingerprint density at radius 2 is 1.39 bits per heavy atom. The van der Waals surface area contributed by atoms with Gasteiger partial charge in [-0.15, -0.1) is 0 Å². The molecule has 18 nitrogen and oxygen atoms in total. The van der Waals surface area contributed by atoms with Crippen LogP contribution in [0.2, 0.25) is 0 Å². The second-order valence-corrected chi connectivity index (χ2v) is 13.5. The van der Waals surface area contributed by atoms with Crippen molar-refractivity contribution < 1.29 is 28.7 Å². The number of hydrogen-bond donors (Lipinski definition) is 4. The summed E-state index contributed by atoms with van der Waals surface area (Å²) in [6.07, 6.45) is 4.89. The molecule has 56 heavy (non-hydrogen) atoms. The smallest absolute Gasteiger partial charge is 0.409 e. The summed E-state index contributed by atoms with van der Waals surface area (Å²) in [6.45, 7) is 9.32. The molecule has 2 aromatic carbocycles. The van der Waals surface area contributed by atoms with Crippen LogP contribution in [0, 0.1) is 19.8 Å². The average molecular weight is 763 g/mol. The van der Waals surface area contributed by atoms with E-state index < -0.39 is 23.8 Å². The number of aromatic nitrogens is 8. The zero-order valence-corrected chi connectivity index (χ0v) is 31.4. The van der Waals surface area contributed by atoms with E-state index in [0.29, 0.717) is 76.2 Å². The summed E-state index contributed by atoms with van der Waals surface area (Å²) in [6, 6.07) is 11.4. The van der Waals surface area contributed by atoms with Crippen LogP contribution in [0.1, 0.15) is 69.4 Å². The molecule has 0 atom stereocenters. The predicted octanol–water partition coefficient (Wildman–Crippen LogP) is 4.54. The predicted molar refractivity (Wildman–Crippen MR) is 207 cm³/mol. The first-order chi connectivity index (χ1) is 26.9. The normalized spacial score (nSPS) is 12.8. The highest BCUT2D eigenvalue weighted by molar-refractivity contribution is 6.05. The zero-order valence-electron chi connectivity index (χ0n) is 31.4. The Labute approximate surface area is 320 Å². The molecule has 4 heterocycles. The largest absolute Gasteiger partial charge is 0.491 e. The van der Waals surface area contributed by atoms with E-state index in [-0.39, 0.29) is 36.3 Å². The van der Waals surface area contributed by atoms with Crippen LogP contribution in [0.4, 0.5) is 16.7 Å². The van der Waals surface area contributed by atoms with Gasteiger partial charge in [-0.2, -0.15) is 10.2 Å². The molecule has 4 amide bonds. The highest BCUT2D eigenvalue weighted by Crippen LogP contribution is 2.35. The summed E-state index contributed by atoms with van der Waals surface area (Å²) in [5.41, 5.74) is 15.4. The Kier molecular flexibility index (Phi) is 10.3. The van der Waals surface area contributed by atoms with E-state index in [1.807, 2.05) is 39.8 Å². The number of anilines is 2. The number of ether oxygens (including phenoxy) is 2. The number of amides is 4. The Bertz CT molecular complexity index is 2540. The Balaban J connectivity index is 1.24. The van der Waals surface area contributed by atoms with Crippen LogP contribution in [0.15, 0.2) is 54.6 Å². The molecule has 1 fully saturated rings. The van der Waals surface area contributed by atoms with Gasteiger partial charge in [0.05, 0.1) is 34.5 Å². The van der Waals surface area contributed by atoms with Gasteiger partial charge < -0.3 is 30.1 Å². The lowest BCUT2D eigenvalue weighted by Crippen LogP contribution is -2.20. The number of nitrogens with one attached hydrogen (secondary N) is 2. The SMILES string of the molecule is CCn1nc(C)cc1C(=O)Nc1nc2cc(OC(N)=O)ccc2n1CC=CCn1c(NC(=O)c2cc(C)nn2CC)nc2cc(C(N)=O)cc(OCC3CC3)c21. The third kappa shape index (κ3) is 7.80. The first-order valence-corrected chi connectivity index (χ1v) is 18.2. The van der Waals surface area contributed by atoms with Gasteiger partial charge in [-0.25, -0.2) is 14.8 Å². The monoisotopic (exact) mass is 762 g/mol. The molecule has 0 radical (unpaired) electrons. The number of rotatable bonds is 15. The average Bonchev–Trinajstić information content (AvgIpc) is 3.45. The summed E-state index contributed by atoms with van der Waals surface area (Å²) in [5.74, 6) is 0.0453. The minimum Gasteiger partial charge on any atom is -0.491 e. The number of aryl methyl sites for hydroxylation is 4. The van der Waals surface area contributed by atoms with Crippen LogP contribution < -0.4 is 31.6 Å². The lowest BCUT2D eigenvalue weighted by molar-refractivity contribution is 0.0994. The van der Waals surface area contributed by atoms with Crippen molar-refractivity contribution in [2.45, 2.75) is 66.7 Å². The number of carbonyl (C=O) groups excluding carboxylic acids is 4. The fraction of sp³-hybridized carbons (Fsp3) is 0.316. The Morgan fingerprint density at radius 1 is 0.804 bits per heavy atom. The van der Waals surface area contributed by atoms with Crippen LogP contribution in [0.5, 0.6) is 11.5 Å². The van der Waals surface area contributed by atoms with Gasteiger partial charge >= 0.3 is 6.09 Å². The number of allylic oxidation sites excluding steroid dienone is 2. The van der Waals surface area contributed by atoms with Gasteiger partial charge in [0.1, 0.15) is 28.4 Å². The minimum atomic E-state index is -0.968. The van der Waals surface area contributed by atoms with Gasteiger partial charge in [0.15, 0.2) is 0 Å². The van der Waals surface area contributed by atoms with Crippen molar-refractivity contribution in [3.8, 4) is 11.5 Å². The lowest BCUT2D eigenvalue weighted by atomic mass is 10.1. The highest BCUT2D eigenvalue weighted by atomic mass is 16.5. The summed E-state index contributed by atoms with van der Waals surface area (Å²) < 4.78 is 18.1. The topological polar surface area (TPSA) is 234 Å². The van der Waals surface area contributed by atoms with E-state index in [1.54, 1.807) is 61.0 Å². The molecule has 0 unspecified atom stereocenters. The van der Waals surface area contributed by atoms with Gasteiger partial charge in [0.2, 0.25) is 17.8 Å². The third-order valence-corrected chi connectivity index (χ3v) is 9.26. The van der Waals surface area contributed by atoms with Gasteiger partial charge in [0.25, 0.3) is 11.8 Å². The molecule has 1 saturated carbocycles. The Hall–Kier alpha value is -6.98. The molecule has 18 heteroatoms. The highest BCUT2D eigenvalue weighted by Gasteiger charge is 2.25. The lowest BCUT2D eigenvalue weighted by Gasteiger charge is -2.13. The molecular formula is C38H42N12O6. The molecule has 1 aliphatic rings. The standard InChI is InChI=1S/C38H42N12O6/c1-5-49-29(15-21(3)45-49)34(52)43-37-41-26-19-25(56-36(40)54)11-12-28(26)47(37)13-7-8-14-48-32-27(17-24(33(39)51)18-31(32)55-20-23-9-10-23)42-38(48)44-35(53)30-16-22(4)46-50(30)6-2/h7-8,11-12,15-19,23H,5-6,9-10,13-14,20H2,1-4H3,(H2,39,51)(H2,40,54)(H,41,43,52)(H,42,44,53). The first-order valence-electron chi connectivity index (χ1n) is 18.2. The second kappa shape index (κ2) is 15.4. The maximum atomic E-state index is 13.6. The van der Waals surface area contributed by atoms with Crippen LogP contribution in [-0.4, -0.2) is 69.1 Å². The number of benzene rings is 2. The van der Waals surface area contributed by atoms with Crippen LogP contribution in [0.25, 0.3) is 22.1 Å². The number of imidazole rings is 2. The Morgan fingerprint density at radius 3 is 1.96 bits per heavy atom. The van der Waals surface area contributed by atoms with E-state index in [2.05, 4.69) is 25.8 Å². The number of primary amides is 2. The summed E-state index contributed by atoms with van der Waals surface area (Å²) in [5, 5.41) is 14.6. The number of nitrogens with zero attached hydrogens (tertiary/aromatic N) is 8. The molecule has 0 spiro atoms. The van der Waals surface area contributed by atoms with Crippen molar-refractivity contribution in [1.82, 2.24) is 38.7 Å². The van der Waals surface area contributed by atoms with Gasteiger partial charge in [0, 0.05) is 37.8 Å². The second-order valence-electron chi connectivity index (χ2n) is 13.5. The summed E-state index contributed by atoms with van der Waals surface area (Å²) in [7, 11) is 0. The van der Waals surface area contributed by atoms with E-state index in [0.717, 1.165) is 12.8 Å². The maximum absolute atomic E-state index is 13.6. The third-order valence-electron chi connectivity index (χ3n) is 9.26. The van der Waals surface area contributed by atoms with Crippen LogP contribution >= 0.6 is 0 Å². The van der Waals surface area contributed by atoms with Gasteiger partial charge in [-0.05, 0) is 82.9 Å². The van der Waals surface area contributed by atoms with Crippen molar-refractivity contribution in [2.75, 3.05) is 17.2 Å². The van der Waals surface area contributed by atoms with Crippen molar-refractivity contribution >= 4 is 57.8 Å². The maximum Gasteiger partial charge on any atom is 0.409 e. The van der Waals surface area contributed by atoms with E-state index in [4.69, 9.17) is 25.9 Å². The molecule has 290 valence electrons. The molecule has 6 aromatic rings. The number of hydrogen-bond acceptors (Lipinski definition) is 10. The van der Waals surface area contributed by atoms with Crippen molar-refractivity contribution in [3.63, 3.8) is 0 Å². The number of carbonyl (C=O) groups is 4. The van der Waals surface area contributed by atoms with Crippen LogP contribution in [-0.2, 0) is 26.2 Å². The van der Waals surface area contributed by atoms with E-state index in [1.165, 1.54) is 0 Å². The van der Waals surface area contributed by atoms with E-state index >= 15 is 0 Å². The van der Waals surface area contributed by atoms with Gasteiger partial charge in [-0.1, -0.05) is 12.2 Å². The fourth-order valence-corrected chi connectivity index (χ4v) is 6.45. The number of fused-ring (bicyclic) bond motifs is 2. The minimum absolute atomic E-state index is 0.195. The molecular weight excluding hydrogens is 720 g/mol. The van der Waals surface area contributed by atoms with Crippen LogP contribution in [0.3, 0.4) is 0 Å². The molecule has 6 N–H and O–H groups in total. The molecule has 0 bridgehead atoms. The fourth-order valence-electron chi connectivity index (χ4n) is 6.45. The molecule has 0 aliphatic heterocycles. The van der Waals surface area contributed by atoms with Crippen molar-refractivity contribution in [3.05, 3.63) is 83.0 Å². The summed E-state index contributed by atoms with van der Waals surface area (Å²) in [4.78, 5) is 60.3. The zero-order chi connectivity index (χ0) is 39.7. The summed E-state index contributed by atoms with van der Waals surface area (Å²) >= 11 is 0. The number of nitrogens with two attached hydrogens (primary N) is 2. The molecule has 1 aliphatic carbocycles. The van der Waals surface area contributed by atoms with Crippen molar-refractivity contribution in [1.29, 1.82) is 0 Å². The first kappa shape index (κ1) is 37.3. The van der Waals surface area contributed by atoms with E-state index in [9.17, 15) is 19.2 Å². The van der Waals surface area contributed by atoms with Crippen molar-refractivity contribution in [2.24, 2.45) is 17.4 Å². The quantitative estimate of drug-likeness (QED) is 0.107.